The Balaban J connectivity index is 1.54. The third-order valence-corrected chi connectivity index (χ3v) is 5.48. The molecule has 1 heteroatoms. The highest BCUT2D eigenvalue weighted by atomic mass is 15.2. The van der Waals surface area contributed by atoms with Crippen LogP contribution in [-0.2, 0) is 13.0 Å². The molecule has 0 amide bonds. The van der Waals surface area contributed by atoms with E-state index in [9.17, 15) is 0 Å². The fourth-order valence-electron chi connectivity index (χ4n) is 4.13. The van der Waals surface area contributed by atoms with Crippen molar-refractivity contribution in [3.8, 4) is 0 Å². The van der Waals surface area contributed by atoms with Crippen molar-refractivity contribution in [1.29, 1.82) is 0 Å². The van der Waals surface area contributed by atoms with Crippen LogP contribution in [0.3, 0.4) is 0 Å². The Bertz CT molecular complexity index is 684. The van der Waals surface area contributed by atoms with Crippen molar-refractivity contribution in [2.24, 2.45) is 0 Å². The summed E-state index contributed by atoms with van der Waals surface area (Å²) in [7, 11) is 0. The Hall–Kier alpha value is -1.86. The number of rotatable bonds is 4. The number of aryl methyl sites for hydroxylation is 1. The number of fused-ring (bicyclic) bond motifs is 2. The first-order valence-corrected chi connectivity index (χ1v) is 8.93. The summed E-state index contributed by atoms with van der Waals surface area (Å²) >= 11 is 0. The van der Waals surface area contributed by atoms with Crippen LogP contribution in [0.1, 0.15) is 42.9 Å². The molecule has 1 nitrogen and oxygen atoms in total. The first-order chi connectivity index (χ1) is 11.3. The largest absolute Gasteiger partial charge is 0.289 e. The van der Waals surface area contributed by atoms with Gasteiger partial charge in [-0.1, -0.05) is 67.6 Å². The summed E-state index contributed by atoms with van der Waals surface area (Å²) in [4.78, 5) is 2.71. The summed E-state index contributed by atoms with van der Waals surface area (Å²) in [5.41, 5.74) is 5.86. The van der Waals surface area contributed by atoms with Gasteiger partial charge in [-0.25, -0.2) is 0 Å². The van der Waals surface area contributed by atoms with Crippen molar-refractivity contribution in [3.63, 3.8) is 0 Å². The van der Waals surface area contributed by atoms with Gasteiger partial charge >= 0.3 is 0 Å². The number of nitrogens with zero attached hydrogens (tertiary/aromatic N) is 1. The molecule has 2 bridgehead atoms. The van der Waals surface area contributed by atoms with E-state index in [2.05, 4.69) is 72.5 Å². The van der Waals surface area contributed by atoms with Crippen LogP contribution in [0.15, 0.2) is 60.7 Å². The fourth-order valence-corrected chi connectivity index (χ4v) is 4.13. The smallest absolute Gasteiger partial charge is 0.0291 e. The summed E-state index contributed by atoms with van der Waals surface area (Å²) in [6.07, 6.45) is 7.51. The average Bonchev–Trinajstić information content (AvgIpc) is 2.84. The Morgan fingerprint density at radius 1 is 0.913 bits per heavy atom. The van der Waals surface area contributed by atoms with Crippen molar-refractivity contribution < 1.29 is 0 Å². The van der Waals surface area contributed by atoms with Gasteiger partial charge in [0, 0.05) is 18.6 Å². The van der Waals surface area contributed by atoms with Gasteiger partial charge < -0.3 is 0 Å². The molecule has 2 aromatic carbocycles. The number of hydrogen-bond donors (Lipinski definition) is 0. The summed E-state index contributed by atoms with van der Waals surface area (Å²) < 4.78 is 0. The Morgan fingerprint density at radius 2 is 1.70 bits per heavy atom. The molecular formula is C22H25N. The lowest BCUT2D eigenvalue weighted by molar-refractivity contribution is 0.203. The molecule has 0 aromatic heterocycles. The molecular weight excluding hydrogens is 278 g/mol. The molecule has 2 aliphatic rings. The standard InChI is InChI=1S/C22H25N/c1-2-17-8-10-19(11-9-17)20-14-21-12-13-22(15-20)23(21)16-18-6-4-3-5-7-18/h3-11,14,21-22H,2,12-13,15-16H2,1H3. The van der Waals surface area contributed by atoms with Crippen LogP contribution >= 0.6 is 0 Å². The van der Waals surface area contributed by atoms with Gasteiger partial charge in [-0.15, -0.1) is 0 Å². The van der Waals surface area contributed by atoms with E-state index in [-0.39, 0.29) is 0 Å². The Morgan fingerprint density at radius 3 is 2.39 bits per heavy atom. The van der Waals surface area contributed by atoms with E-state index in [0.29, 0.717) is 12.1 Å². The highest BCUT2D eigenvalue weighted by Gasteiger charge is 2.36. The van der Waals surface area contributed by atoms with Crippen LogP contribution < -0.4 is 0 Å². The maximum absolute atomic E-state index is 2.71. The van der Waals surface area contributed by atoms with Gasteiger partial charge in [-0.3, -0.25) is 4.90 Å². The third-order valence-electron chi connectivity index (χ3n) is 5.48. The summed E-state index contributed by atoms with van der Waals surface area (Å²) in [6, 6.07) is 21.4. The molecule has 0 spiro atoms. The van der Waals surface area contributed by atoms with E-state index < -0.39 is 0 Å². The average molecular weight is 303 g/mol. The third kappa shape index (κ3) is 2.98. The van der Waals surface area contributed by atoms with Crippen molar-refractivity contribution >= 4 is 5.57 Å². The molecule has 2 unspecified atom stereocenters. The lowest BCUT2D eigenvalue weighted by Crippen LogP contribution is -2.37. The van der Waals surface area contributed by atoms with Gasteiger partial charge in [0.1, 0.15) is 0 Å². The van der Waals surface area contributed by atoms with E-state index in [1.807, 2.05) is 0 Å². The minimum atomic E-state index is 0.620. The maximum Gasteiger partial charge on any atom is 0.0291 e. The lowest BCUT2D eigenvalue weighted by Gasteiger charge is -2.34. The molecule has 118 valence electrons. The van der Waals surface area contributed by atoms with Crippen LogP contribution in [0.5, 0.6) is 0 Å². The van der Waals surface area contributed by atoms with Crippen LogP contribution in [0, 0.1) is 0 Å². The van der Waals surface area contributed by atoms with Crippen molar-refractivity contribution in [1.82, 2.24) is 4.90 Å². The fraction of sp³-hybridized carbons (Fsp3) is 0.364. The maximum atomic E-state index is 2.71. The van der Waals surface area contributed by atoms with Gasteiger partial charge in [-0.05, 0) is 47.9 Å². The minimum Gasteiger partial charge on any atom is -0.289 e. The molecule has 0 aliphatic carbocycles. The number of hydrogen-bond acceptors (Lipinski definition) is 1. The van der Waals surface area contributed by atoms with Gasteiger partial charge in [-0.2, -0.15) is 0 Å². The highest BCUT2D eigenvalue weighted by Crippen LogP contribution is 2.39. The van der Waals surface area contributed by atoms with Gasteiger partial charge in [0.05, 0.1) is 0 Å². The first-order valence-electron chi connectivity index (χ1n) is 8.93. The molecule has 0 radical (unpaired) electrons. The molecule has 2 aromatic rings. The molecule has 2 heterocycles. The Labute approximate surface area is 139 Å². The van der Waals surface area contributed by atoms with E-state index in [1.54, 1.807) is 5.57 Å². The Kier molecular flexibility index (Phi) is 4.05. The molecule has 0 N–H and O–H groups in total. The molecule has 1 fully saturated rings. The molecule has 0 saturated carbocycles. The molecule has 2 aliphatic heterocycles. The summed E-state index contributed by atoms with van der Waals surface area (Å²) in [5, 5.41) is 0. The zero-order valence-electron chi connectivity index (χ0n) is 13.9. The molecule has 4 rings (SSSR count). The quantitative estimate of drug-likeness (QED) is 0.762. The predicted molar refractivity (Wildman–Crippen MR) is 97.2 cm³/mol. The van der Waals surface area contributed by atoms with E-state index in [1.165, 1.54) is 36.0 Å². The lowest BCUT2D eigenvalue weighted by atomic mass is 9.93. The van der Waals surface area contributed by atoms with Crippen LogP contribution in [0.4, 0.5) is 0 Å². The second kappa shape index (κ2) is 6.33. The second-order valence-electron chi connectivity index (χ2n) is 6.90. The summed E-state index contributed by atoms with van der Waals surface area (Å²) in [6.45, 7) is 3.31. The topological polar surface area (TPSA) is 3.24 Å². The van der Waals surface area contributed by atoms with Gasteiger partial charge in [0.15, 0.2) is 0 Å². The highest BCUT2D eigenvalue weighted by molar-refractivity contribution is 5.68. The van der Waals surface area contributed by atoms with Crippen LogP contribution in [0.2, 0.25) is 0 Å². The van der Waals surface area contributed by atoms with E-state index in [0.717, 1.165) is 13.0 Å². The predicted octanol–water partition coefficient (Wildman–Crippen LogP) is 5.07. The monoisotopic (exact) mass is 303 g/mol. The van der Waals surface area contributed by atoms with Crippen molar-refractivity contribution in [3.05, 3.63) is 77.4 Å². The van der Waals surface area contributed by atoms with Crippen molar-refractivity contribution in [2.75, 3.05) is 0 Å². The number of benzene rings is 2. The molecule has 23 heavy (non-hydrogen) atoms. The SMILES string of the molecule is CCc1ccc(C2=CC3CCC(C2)N3Cc2ccccc2)cc1. The van der Waals surface area contributed by atoms with E-state index in [4.69, 9.17) is 0 Å². The molecule has 1 saturated heterocycles. The minimum absolute atomic E-state index is 0.620. The van der Waals surface area contributed by atoms with Crippen LogP contribution in [-0.4, -0.2) is 17.0 Å². The molecule has 2 atom stereocenters. The van der Waals surface area contributed by atoms with E-state index >= 15 is 0 Å². The first kappa shape index (κ1) is 14.7. The summed E-state index contributed by atoms with van der Waals surface area (Å²) in [5.74, 6) is 0. The normalized spacial score (nSPS) is 23.8. The van der Waals surface area contributed by atoms with Gasteiger partial charge in [0.25, 0.3) is 0 Å². The zero-order chi connectivity index (χ0) is 15.6. The van der Waals surface area contributed by atoms with Crippen LogP contribution in [0.25, 0.3) is 5.57 Å². The van der Waals surface area contributed by atoms with Gasteiger partial charge in [0.2, 0.25) is 0 Å². The van der Waals surface area contributed by atoms with Crippen molar-refractivity contribution in [2.45, 2.75) is 51.2 Å². The second-order valence-corrected chi connectivity index (χ2v) is 6.90. The zero-order valence-corrected chi connectivity index (χ0v) is 13.9.